The van der Waals surface area contributed by atoms with Crippen molar-refractivity contribution in [3.8, 4) is 0 Å². The Labute approximate surface area is 108 Å². The third-order valence-electron chi connectivity index (χ3n) is 1.79. The summed E-state index contributed by atoms with van der Waals surface area (Å²) in [6.45, 7) is 7.48. The van der Waals surface area contributed by atoms with E-state index < -0.39 is 18.8 Å². The Balaban J connectivity index is 4.12. The number of thiol groups is 1. The Hall–Kier alpha value is 0.624. The molecule has 0 unspecified atom stereocenters. The third kappa shape index (κ3) is 7.05. The molecule has 0 aromatic carbocycles. The van der Waals surface area contributed by atoms with Crippen LogP contribution in [0.5, 0.6) is 0 Å². The quantitative estimate of drug-likeness (QED) is 0.353. The lowest BCUT2D eigenvalue weighted by Gasteiger charge is -2.27. The molecule has 0 fully saturated rings. The molecule has 0 aromatic rings. The van der Waals surface area contributed by atoms with Gasteiger partial charge in [0.1, 0.15) is 0 Å². The van der Waals surface area contributed by atoms with E-state index in [0.29, 0.717) is 19.8 Å². The van der Waals surface area contributed by atoms with Gasteiger partial charge in [-0.1, -0.05) is 0 Å². The first-order valence-electron chi connectivity index (χ1n) is 5.91. The monoisotopic (exact) mass is 284 g/mol. The number of hydrogen-bond donors (Lipinski definition) is 1. The van der Waals surface area contributed by atoms with Gasteiger partial charge in [-0.25, -0.2) is 0 Å². The van der Waals surface area contributed by atoms with Gasteiger partial charge in [0, 0.05) is 19.8 Å². The minimum Gasteiger partial charge on any atom is -0.400 e. The normalized spacial score (nSPS) is 12.8. The molecule has 7 heteroatoms. The summed E-state index contributed by atoms with van der Waals surface area (Å²) in [6, 6.07) is 1.09. The Kier molecular flexibility index (Phi) is 11.2. The Bertz CT molecular complexity index is 145. The molecule has 0 aliphatic rings. The molecule has 0 spiro atoms. The first-order chi connectivity index (χ1) is 7.74. The van der Waals surface area contributed by atoms with Gasteiger partial charge in [0.15, 0.2) is 9.76 Å². The average Bonchev–Trinajstić information content (AvgIpc) is 2.26. The summed E-state index contributed by atoms with van der Waals surface area (Å²) in [5, 5.41) is 0. The Morgan fingerprint density at radius 1 is 1.00 bits per heavy atom. The van der Waals surface area contributed by atoms with Crippen molar-refractivity contribution >= 4 is 31.4 Å². The SMILES string of the molecule is CCO[Si](OCC)(OCC)O[SiH2]CCCS. The fourth-order valence-corrected chi connectivity index (χ4v) is 6.18. The summed E-state index contributed by atoms with van der Waals surface area (Å²) in [5.74, 6) is 0.906. The summed E-state index contributed by atoms with van der Waals surface area (Å²) in [4.78, 5) is 0. The van der Waals surface area contributed by atoms with Crippen molar-refractivity contribution in [3.63, 3.8) is 0 Å². The summed E-state index contributed by atoms with van der Waals surface area (Å²) in [5.41, 5.74) is 0. The maximum Gasteiger partial charge on any atom is 0.668 e. The van der Waals surface area contributed by atoms with Crippen molar-refractivity contribution in [2.45, 2.75) is 33.2 Å². The molecule has 16 heavy (non-hydrogen) atoms. The molecular formula is C9H24O4SSi2. The van der Waals surface area contributed by atoms with Crippen LogP contribution in [-0.2, 0) is 17.4 Å². The van der Waals surface area contributed by atoms with E-state index in [2.05, 4.69) is 12.6 Å². The van der Waals surface area contributed by atoms with Crippen LogP contribution in [0.3, 0.4) is 0 Å². The van der Waals surface area contributed by atoms with E-state index in [4.69, 9.17) is 17.4 Å². The fraction of sp³-hybridized carbons (Fsp3) is 1.00. The maximum atomic E-state index is 5.83. The summed E-state index contributed by atoms with van der Waals surface area (Å²) < 4.78 is 22.6. The van der Waals surface area contributed by atoms with Crippen molar-refractivity contribution in [1.82, 2.24) is 0 Å². The topological polar surface area (TPSA) is 36.9 Å². The van der Waals surface area contributed by atoms with Crippen molar-refractivity contribution in [2.75, 3.05) is 25.6 Å². The lowest BCUT2D eigenvalue weighted by molar-refractivity contribution is 0.0105. The second kappa shape index (κ2) is 10.8. The van der Waals surface area contributed by atoms with Gasteiger partial charge in [0.2, 0.25) is 0 Å². The molecule has 98 valence electrons. The minimum atomic E-state index is -2.81. The first-order valence-corrected chi connectivity index (χ1v) is 9.75. The molecule has 4 nitrogen and oxygen atoms in total. The summed E-state index contributed by atoms with van der Waals surface area (Å²) in [7, 11) is -3.44. The minimum absolute atomic E-state index is 0.563. The van der Waals surface area contributed by atoms with Gasteiger partial charge < -0.3 is 17.4 Å². The highest BCUT2D eigenvalue weighted by Gasteiger charge is 2.43. The smallest absolute Gasteiger partial charge is 0.400 e. The van der Waals surface area contributed by atoms with Crippen LogP contribution in [0.2, 0.25) is 6.04 Å². The standard InChI is InChI=1S/C9H24O4SSi2/c1-4-10-16(11-5-2,12-6-3)13-15-9-7-8-14/h14H,4-9,15H2,1-3H3. The van der Waals surface area contributed by atoms with Crippen molar-refractivity contribution < 1.29 is 17.4 Å². The first kappa shape index (κ1) is 16.6. The molecular weight excluding hydrogens is 260 g/mol. The van der Waals surface area contributed by atoms with Crippen LogP contribution in [0.25, 0.3) is 0 Å². The van der Waals surface area contributed by atoms with Gasteiger partial charge in [-0.15, -0.1) is 0 Å². The summed E-state index contributed by atoms with van der Waals surface area (Å²) >= 11 is 4.17. The van der Waals surface area contributed by atoms with Crippen molar-refractivity contribution in [1.29, 1.82) is 0 Å². The second-order valence-electron chi connectivity index (χ2n) is 3.08. The van der Waals surface area contributed by atoms with Gasteiger partial charge in [-0.3, -0.25) is 0 Å². The van der Waals surface area contributed by atoms with E-state index in [1.54, 1.807) is 0 Å². The lowest BCUT2D eigenvalue weighted by atomic mass is 10.6. The van der Waals surface area contributed by atoms with Crippen LogP contribution in [-0.4, -0.2) is 44.4 Å². The molecule has 0 radical (unpaired) electrons. The van der Waals surface area contributed by atoms with E-state index in [9.17, 15) is 0 Å². The fourth-order valence-electron chi connectivity index (χ4n) is 1.19. The van der Waals surface area contributed by atoms with E-state index in [-0.39, 0.29) is 0 Å². The second-order valence-corrected chi connectivity index (χ2v) is 7.66. The highest BCUT2D eigenvalue weighted by atomic mass is 32.1. The van der Waals surface area contributed by atoms with Gasteiger partial charge in [-0.2, -0.15) is 12.6 Å². The molecule has 0 atom stereocenters. The molecule has 0 saturated carbocycles. The van der Waals surface area contributed by atoms with E-state index in [1.165, 1.54) is 0 Å². The number of hydrogen-bond acceptors (Lipinski definition) is 5. The molecule has 0 saturated heterocycles. The highest BCUT2D eigenvalue weighted by Crippen LogP contribution is 2.12. The lowest BCUT2D eigenvalue weighted by Crippen LogP contribution is -2.50. The van der Waals surface area contributed by atoms with E-state index >= 15 is 0 Å². The zero-order chi connectivity index (χ0) is 12.3. The molecule has 0 amide bonds. The predicted molar refractivity (Wildman–Crippen MR) is 73.5 cm³/mol. The average molecular weight is 285 g/mol. The maximum absolute atomic E-state index is 5.83. The molecule has 0 heterocycles. The summed E-state index contributed by atoms with van der Waals surface area (Å²) in [6.07, 6.45) is 1.09. The van der Waals surface area contributed by atoms with Gasteiger partial charge in [-0.05, 0) is 39.0 Å². The van der Waals surface area contributed by atoms with E-state index in [0.717, 1.165) is 18.2 Å². The van der Waals surface area contributed by atoms with Crippen LogP contribution in [0.15, 0.2) is 0 Å². The zero-order valence-electron chi connectivity index (χ0n) is 10.5. The van der Waals surface area contributed by atoms with Gasteiger partial charge in [0.25, 0.3) is 0 Å². The highest BCUT2D eigenvalue weighted by molar-refractivity contribution is 7.80. The predicted octanol–water partition coefficient (Wildman–Crippen LogP) is 1.37. The van der Waals surface area contributed by atoms with Gasteiger partial charge >= 0.3 is 9.05 Å². The molecule has 0 aliphatic heterocycles. The van der Waals surface area contributed by atoms with Crippen molar-refractivity contribution in [3.05, 3.63) is 0 Å². The Morgan fingerprint density at radius 2 is 1.50 bits per heavy atom. The molecule has 0 N–H and O–H groups in total. The molecule has 0 rings (SSSR count). The van der Waals surface area contributed by atoms with Crippen LogP contribution in [0.4, 0.5) is 0 Å². The van der Waals surface area contributed by atoms with Crippen LogP contribution < -0.4 is 0 Å². The van der Waals surface area contributed by atoms with E-state index in [1.807, 2.05) is 20.8 Å². The van der Waals surface area contributed by atoms with Crippen molar-refractivity contribution in [2.24, 2.45) is 0 Å². The number of rotatable bonds is 11. The van der Waals surface area contributed by atoms with Gasteiger partial charge in [0.05, 0.1) is 0 Å². The third-order valence-corrected chi connectivity index (χ3v) is 7.06. The molecule has 0 aromatic heterocycles. The molecule has 0 bridgehead atoms. The largest absolute Gasteiger partial charge is 0.668 e. The van der Waals surface area contributed by atoms with Crippen LogP contribution in [0.1, 0.15) is 27.2 Å². The molecule has 0 aliphatic carbocycles. The van der Waals surface area contributed by atoms with Crippen LogP contribution in [0, 0.1) is 0 Å². The Morgan fingerprint density at radius 3 is 1.88 bits per heavy atom. The van der Waals surface area contributed by atoms with Crippen LogP contribution >= 0.6 is 12.6 Å². The zero-order valence-corrected chi connectivity index (χ0v) is 13.8.